The molecular formula is C115H75N3S2. The average Bonchev–Trinajstić information content (AvgIpc) is 1.57. The minimum atomic E-state index is -0.291. The van der Waals surface area contributed by atoms with Crippen LogP contribution in [0.5, 0.6) is 0 Å². The first kappa shape index (κ1) is 69.6. The lowest BCUT2D eigenvalue weighted by molar-refractivity contribution is 0.662. The molecule has 20 aromatic carbocycles. The Morgan fingerprint density at radius 1 is 0.217 bits per heavy atom. The van der Waals surface area contributed by atoms with Crippen molar-refractivity contribution in [3.05, 3.63) is 430 Å². The second kappa shape index (κ2) is 27.7. The van der Waals surface area contributed by atoms with Crippen LogP contribution < -0.4 is 9.80 Å². The first-order valence-electron chi connectivity index (χ1n) is 41.4. The van der Waals surface area contributed by atoms with E-state index >= 15 is 0 Å². The molecule has 562 valence electrons. The van der Waals surface area contributed by atoms with E-state index in [9.17, 15) is 0 Å². The second-order valence-electron chi connectivity index (χ2n) is 32.5. The van der Waals surface area contributed by atoms with Gasteiger partial charge in [-0.2, -0.15) is 0 Å². The van der Waals surface area contributed by atoms with Gasteiger partial charge in [-0.1, -0.05) is 323 Å². The number of thiophene rings is 2. The molecule has 0 bridgehead atoms. The van der Waals surface area contributed by atoms with Crippen molar-refractivity contribution in [2.24, 2.45) is 0 Å². The van der Waals surface area contributed by atoms with Crippen molar-refractivity contribution in [3.8, 4) is 83.6 Å². The van der Waals surface area contributed by atoms with E-state index in [0.717, 1.165) is 84.2 Å². The third-order valence-corrected chi connectivity index (χ3v) is 27.8. The summed E-state index contributed by atoms with van der Waals surface area (Å²) in [6.07, 6.45) is 0. The van der Waals surface area contributed by atoms with Crippen LogP contribution in [-0.4, -0.2) is 4.57 Å². The molecule has 120 heavy (non-hydrogen) atoms. The van der Waals surface area contributed by atoms with Crippen LogP contribution in [0.1, 0.15) is 25.0 Å². The monoisotopic (exact) mass is 1560 g/mol. The van der Waals surface area contributed by atoms with Gasteiger partial charge in [-0.25, -0.2) is 0 Å². The summed E-state index contributed by atoms with van der Waals surface area (Å²) in [5.74, 6) is 0. The molecule has 0 atom stereocenters. The Bertz CT molecular complexity index is 8090. The predicted octanol–water partition coefficient (Wildman–Crippen LogP) is 33.4. The van der Waals surface area contributed by atoms with Crippen molar-refractivity contribution >= 4 is 162 Å². The Labute approximate surface area is 703 Å². The van der Waals surface area contributed by atoms with Crippen molar-refractivity contribution < 1.29 is 0 Å². The summed E-state index contributed by atoms with van der Waals surface area (Å²) in [7, 11) is 0. The zero-order valence-electron chi connectivity index (χ0n) is 66.0. The van der Waals surface area contributed by atoms with E-state index in [-0.39, 0.29) is 5.41 Å². The van der Waals surface area contributed by atoms with Gasteiger partial charge >= 0.3 is 0 Å². The third-order valence-electron chi connectivity index (χ3n) is 25.5. The van der Waals surface area contributed by atoms with Crippen molar-refractivity contribution in [2.75, 3.05) is 9.80 Å². The summed E-state index contributed by atoms with van der Waals surface area (Å²) in [6, 6.07) is 157. The zero-order valence-corrected chi connectivity index (χ0v) is 67.6. The summed E-state index contributed by atoms with van der Waals surface area (Å²) >= 11 is 3.75. The van der Waals surface area contributed by atoms with Gasteiger partial charge in [0.1, 0.15) is 0 Å². The van der Waals surface area contributed by atoms with Crippen molar-refractivity contribution in [1.29, 1.82) is 0 Å². The van der Waals surface area contributed by atoms with E-state index in [1.807, 2.05) is 22.7 Å². The van der Waals surface area contributed by atoms with Crippen LogP contribution in [0.4, 0.5) is 34.1 Å². The molecule has 24 rings (SSSR count). The largest absolute Gasteiger partial charge is 0.310 e. The molecule has 0 saturated carbocycles. The molecule has 3 aromatic heterocycles. The standard InChI is InChI=1S/C115H75N3S2/c1-115(2)103-43-21-17-39-92(103)102-66-80(65-101(114(102)115)74-49-54-81(55-50-74)116(82-56-61-97-95-42-20-26-48-110(95)119-112(97)70-82)108-67-78(52-58-86(108)72-27-5-3-6-28-72)99-63-76-31-9-11-33-84(76)88-35-13-15-37-90(88)99)75-51-60-96-98-62-57-83(71-113(98)120-111(96)69-75)117(106-46-24-25-47-107(106)118-104-44-22-18-40-93(104)94-41-19-23-45-105(94)118)109-68-79(53-59-87(109)73-29-7-4-8-30-73)100-64-77-32-10-12-34-85(77)89-36-14-16-38-91(89)100/h3-71H,1-2H3. The third kappa shape index (κ3) is 11.2. The normalized spacial score (nSPS) is 12.5. The van der Waals surface area contributed by atoms with Crippen LogP contribution in [0.15, 0.2) is 419 Å². The zero-order chi connectivity index (χ0) is 79.3. The van der Waals surface area contributed by atoms with Crippen LogP contribution >= 0.6 is 22.7 Å². The number of aromatic nitrogens is 1. The van der Waals surface area contributed by atoms with Gasteiger partial charge in [0.25, 0.3) is 0 Å². The van der Waals surface area contributed by atoms with Crippen LogP contribution in [-0.2, 0) is 5.41 Å². The van der Waals surface area contributed by atoms with E-state index in [0.29, 0.717) is 0 Å². The lowest BCUT2D eigenvalue weighted by Gasteiger charge is -2.31. The van der Waals surface area contributed by atoms with Crippen molar-refractivity contribution in [3.63, 3.8) is 0 Å². The van der Waals surface area contributed by atoms with E-state index in [1.54, 1.807) is 0 Å². The summed E-state index contributed by atoms with van der Waals surface area (Å²) in [5, 5.41) is 17.4. The van der Waals surface area contributed by atoms with Crippen LogP contribution in [0, 0.1) is 0 Å². The fourth-order valence-corrected chi connectivity index (χ4v) is 22.3. The molecule has 5 heteroatoms. The molecule has 3 nitrogen and oxygen atoms in total. The summed E-state index contributed by atoms with van der Waals surface area (Å²) in [5.41, 5.74) is 28.9. The molecular weight excluding hydrogens is 1490 g/mol. The molecule has 3 heterocycles. The molecule has 1 aliphatic carbocycles. The Morgan fingerprint density at radius 3 is 1.24 bits per heavy atom. The first-order chi connectivity index (χ1) is 59.3. The van der Waals surface area contributed by atoms with Crippen molar-refractivity contribution in [1.82, 2.24) is 4.57 Å². The lowest BCUT2D eigenvalue weighted by Crippen LogP contribution is -2.16. The molecule has 1 aliphatic rings. The lowest BCUT2D eigenvalue weighted by atomic mass is 9.78. The number of rotatable bonds is 13. The Kier molecular flexibility index (Phi) is 16.1. The van der Waals surface area contributed by atoms with Gasteiger partial charge in [-0.3, -0.25) is 0 Å². The average molecular weight is 1560 g/mol. The Hall–Kier alpha value is -14.7. The molecule has 0 amide bonds. The summed E-state index contributed by atoms with van der Waals surface area (Å²) in [4.78, 5) is 5.07. The maximum absolute atomic E-state index is 2.55. The minimum Gasteiger partial charge on any atom is -0.310 e. The second-order valence-corrected chi connectivity index (χ2v) is 34.7. The van der Waals surface area contributed by atoms with Gasteiger partial charge in [0, 0.05) is 84.7 Å². The van der Waals surface area contributed by atoms with E-state index in [1.165, 1.54) is 150 Å². The van der Waals surface area contributed by atoms with E-state index in [4.69, 9.17) is 0 Å². The fourth-order valence-electron chi connectivity index (χ4n) is 20.0. The Morgan fingerprint density at radius 2 is 0.633 bits per heavy atom. The fraction of sp³-hybridized carbons (Fsp3) is 0.0261. The van der Waals surface area contributed by atoms with Gasteiger partial charge < -0.3 is 14.4 Å². The summed E-state index contributed by atoms with van der Waals surface area (Å²) in [6.45, 7) is 4.84. The van der Waals surface area contributed by atoms with Gasteiger partial charge in [-0.15, -0.1) is 22.7 Å². The Balaban J connectivity index is 0.672. The highest BCUT2D eigenvalue weighted by Crippen LogP contribution is 2.56. The molecule has 0 N–H and O–H groups in total. The number of para-hydroxylation sites is 4. The minimum absolute atomic E-state index is 0.291. The van der Waals surface area contributed by atoms with Crippen molar-refractivity contribution in [2.45, 2.75) is 19.3 Å². The molecule has 0 aliphatic heterocycles. The first-order valence-corrected chi connectivity index (χ1v) is 43.1. The smallest absolute Gasteiger partial charge is 0.0702 e. The van der Waals surface area contributed by atoms with Gasteiger partial charge in [0.2, 0.25) is 0 Å². The summed E-state index contributed by atoms with van der Waals surface area (Å²) < 4.78 is 7.47. The highest BCUT2D eigenvalue weighted by molar-refractivity contribution is 7.26. The van der Waals surface area contributed by atoms with E-state index in [2.05, 4.69) is 447 Å². The topological polar surface area (TPSA) is 11.4 Å². The number of nitrogens with zero attached hydrogens (tertiary/aromatic N) is 3. The molecule has 23 aromatic rings. The highest BCUT2D eigenvalue weighted by atomic mass is 32.1. The number of fused-ring (bicyclic) bond motifs is 18. The van der Waals surface area contributed by atoms with E-state index < -0.39 is 0 Å². The highest BCUT2D eigenvalue weighted by Gasteiger charge is 2.38. The molecule has 0 saturated heterocycles. The van der Waals surface area contributed by atoms with Crippen LogP contribution in [0.2, 0.25) is 0 Å². The van der Waals surface area contributed by atoms with Gasteiger partial charge in [0.15, 0.2) is 0 Å². The number of anilines is 6. The maximum Gasteiger partial charge on any atom is 0.0702 e. The van der Waals surface area contributed by atoms with Crippen LogP contribution in [0.25, 0.3) is 189 Å². The number of hydrogen-bond acceptors (Lipinski definition) is 4. The maximum atomic E-state index is 2.55. The molecule has 0 spiro atoms. The molecule has 0 radical (unpaired) electrons. The molecule has 0 unspecified atom stereocenters. The number of benzene rings is 20. The predicted molar refractivity (Wildman–Crippen MR) is 516 cm³/mol. The van der Waals surface area contributed by atoms with Gasteiger partial charge in [-0.05, 0) is 230 Å². The molecule has 0 fully saturated rings. The SMILES string of the molecule is CC1(C)c2ccccc2-c2cc(-c3ccc4c(c3)sc3cc(N(c5cc(-c6cc7ccccc7c7ccccc67)ccc5-c5ccccc5)c5ccccc5-n5c6ccccc6c6ccccc65)ccc34)cc(-c3ccc(N(c4ccc5c(c4)sc4ccccc45)c4cc(-c5cc6ccccc6c6ccccc56)ccc4-c4ccccc4)cc3)c21. The quantitative estimate of drug-likeness (QED) is 0.107. The van der Waals surface area contributed by atoms with Crippen LogP contribution in [0.3, 0.4) is 0 Å². The van der Waals surface area contributed by atoms with Gasteiger partial charge in [0.05, 0.1) is 33.8 Å². The number of hydrogen-bond donors (Lipinski definition) is 0.